The predicted octanol–water partition coefficient (Wildman–Crippen LogP) is 2.45. The molecule has 0 spiro atoms. The lowest BCUT2D eigenvalue weighted by Crippen LogP contribution is -2.46. The van der Waals surface area contributed by atoms with Gasteiger partial charge in [0.05, 0.1) is 11.4 Å². The Bertz CT molecular complexity index is 1400. The molecular formula is C25H25N5O4S2. The van der Waals surface area contributed by atoms with Crippen molar-refractivity contribution < 1.29 is 14.3 Å². The van der Waals surface area contributed by atoms with Crippen LogP contribution in [-0.2, 0) is 18.4 Å². The molecule has 0 bridgehead atoms. The fraction of sp³-hybridized carbons (Fsp3) is 0.360. The molecule has 0 N–H and O–H groups in total. The largest absolute Gasteiger partial charge is 0.454 e. The van der Waals surface area contributed by atoms with Crippen molar-refractivity contribution in [3.05, 3.63) is 55.7 Å². The molecule has 1 aromatic carbocycles. The number of rotatable bonds is 4. The summed E-state index contributed by atoms with van der Waals surface area (Å²) in [5.41, 5.74) is 1.88. The number of carbonyl (C=O) groups excluding carboxylic acids is 1. The number of amides is 1. The summed E-state index contributed by atoms with van der Waals surface area (Å²) in [6.07, 6.45) is 1.78. The summed E-state index contributed by atoms with van der Waals surface area (Å²) in [6.45, 7) is 5.43. The van der Waals surface area contributed by atoms with Gasteiger partial charge in [0.15, 0.2) is 11.5 Å². The second-order valence-electron chi connectivity index (χ2n) is 8.96. The summed E-state index contributed by atoms with van der Waals surface area (Å²) in [7, 11) is 3.74. The Morgan fingerprint density at radius 1 is 1.14 bits per heavy atom. The van der Waals surface area contributed by atoms with Crippen LogP contribution < -0.4 is 19.9 Å². The molecule has 9 nitrogen and oxygen atoms in total. The fourth-order valence-corrected chi connectivity index (χ4v) is 5.84. The van der Waals surface area contributed by atoms with Gasteiger partial charge in [0, 0.05) is 38.8 Å². The van der Waals surface area contributed by atoms with E-state index in [0.717, 1.165) is 31.7 Å². The number of piperazine rings is 1. The Morgan fingerprint density at radius 3 is 2.58 bits per heavy atom. The Balaban J connectivity index is 1.51. The number of thioether (sulfide) groups is 1. The summed E-state index contributed by atoms with van der Waals surface area (Å²) in [5, 5.41) is 9.69. The van der Waals surface area contributed by atoms with Crippen LogP contribution in [0.3, 0.4) is 0 Å². The molecule has 186 valence electrons. The summed E-state index contributed by atoms with van der Waals surface area (Å²) in [6, 6.07) is 7.61. The summed E-state index contributed by atoms with van der Waals surface area (Å²) < 4.78 is 12.8. The minimum absolute atomic E-state index is 0.0810. The Hall–Kier alpha value is -3.33. The van der Waals surface area contributed by atoms with Gasteiger partial charge in [0.1, 0.15) is 21.8 Å². The molecule has 0 aliphatic carbocycles. The number of carbonyl (C=O) groups is 1. The van der Waals surface area contributed by atoms with Crippen LogP contribution in [0.15, 0.2) is 27.9 Å². The SMILES string of the molecule is Cc1c(/C=C2\SC(=S)N(Cc3ccc4c(c3)OCO4)C2=O)c(N2CCN(C)CC2)n(C)c(=O)c1C#N. The number of fused-ring (bicyclic) bond motifs is 1. The summed E-state index contributed by atoms with van der Waals surface area (Å²) in [5.74, 6) is 1.83. The third-order valence-corrected chi connectivity index (χ3v) is 8.08. The van der Waals surface area contributed by atoms with E-state index in [2.05, 4.69) is 16.8 Å². The van der Waals surface area contributed by atoms with Crippen LogP contribution >= 0.6 is 24.0 Å². The average Bonchev–Trinajstić information content (AvgIpc) is 3.43. The van der Waals surface area contributed by atoms with Crippen LogP contribution in [0.1, 0.15) is 22.3 Å². The quantitative estimate of drug-likeness (QED) is 0.443. The Morgan fingerprint density at radius 2 is 1.86 bits per heavy atom. The first-order valence-electron chi connectivity index (χ1n) is 11.5. The number of ether oxygens (including phenoxy) is 2. The summed E-state index contributed by atoms with van der Waals surface area (Å²) in [4.78, 5) is 32.8. The molecule has 2 saturated heterocycles. The van der Waals surface area contributed by atoms with Crippen molar-refractivity contribution in [3.63, 3.8) is 0 Å². The molecule has 5 rings (SSSR count). The first-order valence-corrected chi connectivity index (χ1v) is 12.7. The molecule has 2 fully saturated rings. The van der Waals surface area contributed by atoms with Crippen LogP contribution in [0, 0.1) is 18.3 Å². The van der Waals surface area contributed by atoms with Gasteiger partial charge in [-0.05, 0) is 43.3 Å². The zero-order chi connectivity index (χ0) is 25.6. The van der Waals surface area contributed by atoms with Gasteiger partial charge in [-0.1, -0.05) is 30.0 Å². The van der Waals surface area contributed by atoms with Gasteiger partial charge < -0.3 is 19.3 Å². The van der Waals surface area contributed by atoms with Gasteiger partial charge in [-0.25, -0.2) is 0 Å². The van der Waals surface area contributed by atoms with Crippen LogP contribution in [-0.4, -0.2) is 64.6 Å². The lowest BCUT2D eigenvalue weighted by atomic mass is 10.0. The number of likely N-dealkylation sites (N-methyl/N-ethyl adjacent to an activating group) is 1. The molecule has 1 amide bonds. The first kappa shape index (κ1) is 24.4. The van der Waals surface area contributed by atoms with Crippen molar-refractivity contribution in [1.82, 2.24) is 14.4 Å². The zero-order valence-corrected chi connectivity index (χ0v) is 21.9. The second kappa shape index (κ2) is 9.61. The second-order valence-corrected chi connectivity index (χ2v) is 10.6. The highest BCUT2D eigenvalue weighted by molar-refractivity contribution is 8.26. The maximum atomic E-state index is 13.4. The zero-order valence-electron chi connectivity index (χ0n) is 20.2. The molecule has 4 heterocycles. The summed E-state index contributed by atoms with van der Waals surface area (Å²) >= 11 is 6.78. The molecule has 2 aromatic rings. The Kier molecular flexibility index (Phi) is 6.51. The van der Waals surface area contributed by atoms with Crippen LogP contribution in [0.2, 0.25) is 0 Å². The van der Waals surface area contributed by atoms with Crippen molar-refractivity contribution in [3.8, 4) is 17.6 Å². The van der Waals surface area contributed by atoms with Crippen molar-refractivity contribution in [1.29, 1.82) is 5.26 Å². The van der Waals surface area contributed by atoms with Gasteiger partial charge in [-0.2, -0.15) is 5.26 Å². The standard InChI is InChI=1S/C25H25N5O4S2/c1-15-17(22(28(3)23(31)18(15)12-26)29-8-6-27(2)7-9-29)11-21-24(32)30(25(35)36-21)13-16-4-5-19-20(10-16)34-14-33-19/h4-5,10-11H,6-9,13-14H2,1-3H3/b21-11-. The molecule has 3 aliphatic rings. The minimum Gasteiger partial charge on any atom is -0.454 e. The third-order valence-electron chi connectivity index (χ3n) is 6.70. The van der Waals surface area contributed by atoms with Gasteiger partial charge >= 0.3 is 0 Å². The molecule has 0 unspecified atom stereocenters. The molecule has 11 heteroatoms. The lowest BCUT2D eigenvalue weighted by molar-refractivity contribution is -0.122. The van der Waals surface area contributed by atoms with E-state index in [1.54, 1.807) is 24.9 Å². The number of hydrogen-bond donors (Lipinski definition) is 0. The van der Waals surface area contributed by atoms with E-state index < -0.39 is 0 Å². The smallest absolute Gasteiger partial charge is 0.270 e. The number of pyridine rings is 1. The van der Waals surface area contributed by atoms with Crippen molar-refractivity contribution >= 4 is 46.1 Å². The third kappa shape index (κ3) is 4.25. The highest BCUT2D eigenvalue weighted by Crippen LogP contribution is 2.38. The molecule has 36 heavy (non-hydrogen) atoms. The van der Waals surface area contributed by atoms with Crippen LogP contribution in [0.5, 0.6) is 11.5 Å². The lowest BCUT2D eigenvalue weighted by Gasteiger charge is -2.36. The van der Waals surface area contributed by atoms with E-state index in [4.69, 9.17) is 21.7 Å². The maximum Gasteiger partial charge on any atom is 0.270 e. The molecule has 0 atom stereocenters. The van der Waals surface area contributed by atoms with E-state index in [1.807, 2.05) is 24.3 Å². The minimum atomic E-state index is -0.337. The van der Waals surface area contributed by atoms with E-state index in [0.29, 0.717) is 44.2 Å². The number of nitrogens with zero attached hydrogens (tertiary/aromatic N) is 5. The van der Waals surface area contributed by atoms with E-state index >= 15 is 0 Å². The maximum absolute atomic E-state index is 13.4. The van der Waals surface area contributed by atoms with E-state index in [9.17, 15) is 14.9 Å². The highest BCUT2D eigenvalue weighted by atomic mass is 32.2. The molecule has 3 aliphatic heterocycles. The Labute approximate surface area is 218 Å². The van der Waals surface area contributed by atoms with Crippen molar-refractivity contribution in [2.45, 2.75) is 13.5 Å². The number of thiocarbonyl (C=S) groups is 1. The molecule has 0 saturated carbocycles. The van der Waals surface area contributed by atoms with Crippen molar-refractivity contribution in [2.75, 3.05) is 44.9 Å². The number of nitriles is 1. The topological polar surface area (TPSA) is 91.0 Å². The molecular weight excluding hydrogens is 498 g/mol. The number of anilines is 1. The van der Waals surface area contributed by atoms with Gasteiger partial charge in [0.25, 0.3) is 11.5 Å². The number of aromatic nitrogens is 1. The van der Waals surface area contributed by atoms with E-state index in [1.165, 1.54) is 16.3 Å². The highest BCUT2D eigenvalue weighted by Gasteiger charge is 2.34. The van der Waals surface area contributed by atoms with Crippen molar-refractivity contribution in [2.24, 2.45) is 7.05 Å². The molecule has 1 aromatic heterocycles. The molecule has 0 radical (unpaired) electrons. The van der Waals surface area contributed by atoms with Gasteiger partial charge in [0.2, 0.25) is 6.79 Å². The monoisotopic (exact) mass is 523 g/mol. The first-order chi connectivity index (χ1) is 17.3. The number of benzene rings is 1. The van der Waals surface area contributed by atoms with Crippen LogP contribution in [0.4, 0.5) is 5.82 Å². The van der Waals surface area contributed by atoms with Gasteiger partial charge in [-0.15, -0.1) is 0 Å². The number of hydrogen-bond acceptors (Lipinski definition) is 9. The normalized spacial score (nSPS) is 18.9. The van der Waals surface area contributed by atoms with E-state index in [-0.39, 0.29) is 23.8 Å². The van der Waals surface area contributed by atoms with Crippen LogP contribution in [0.25, 0.3) is 6.08 Å². The predicted molar refractivity (Wildman–Crippen MR) is 142 cm³/mol. The fourth-order valence-electron chi connectivity index (χ4n) is 4.60. The average molecular weight is 524 g/mol. The van der Waals surface area contributed by atoms with Gasteiger partial charge in [-0.3, -0.25) is 19.1 Å².